The molecule has 160 valence electrons. The van der Waals surface area contributed by atoms with E-state index in [0.717, 1.165) is 40.4 Å². The van der Waals surface area contributed by atoms with E-state index in [1.807, 2.05) is 53.2 Å². The van der Waals surface area contributed by atoms with Crippen LogP contribution >= 0.6 is 23.2 Å². The van der Waals surface area contributed by atoms with Gasteiger partial charge >= 0.3 is 0 Å². The summed E-state index contributed by atoms with van der Waals surface area (Å²) in [7, 11) is 0. The van der Waals surface area contributed by atoms with Crippen LogP contribution in [-0.4, -0.2) is 29.9 Å². The molecule has 0 saturated carbocycles. The molecule has 2 aromatic carbocycles. The first-order valence-corrected chi connectivity index (χ1v) is 11.1. The topological polar surface area (TPSA) is 72.3 Å². The third-order valence-corrected chi connectivity index (χ3v) is 5.73. The van der Waals surface area contributed by atoms with Gasteiger partial charge in [-0.1, -0.05) is 78.7 Å². The van der Waals surface area contributed by atoms with Gasteiger partial charge in [0.2, 0.25) is 0 Å². The number of H-pyrrole nitrogens is 1. The minimum absolute atomic E-state index is 0.423. The molecule has 3 heterocycles. The van der Waals surface area contributed by atoms with Crippen molar-refractivity contribution in [2.24, 2.45) is 5.92 Å². The van der Waals surface area contributed by atoms with Gasteiger partial charge in [0, 0.05) is 12.1 Å². The zero-order chi connectivity index (χ0) is 22.2. The zero-order valence-electron chi connectivity index (χ0n) is 17.5. The van der Waals surface area contributed by atoms with Gasteiger partial charge in [0.05, 0.1) is 32.7 Å². The molecule has 0 radical (unpaired) electrons. The number of pyridine rings is 1. The van der Waals surface area contributed by atoms with Gasteiger partial charge in [0.15, 0.2) is 5.65 Å². The Morgan fingerprint density at radius 1 is 0.906 bits per heavy atom. The van der Waals surface area contributed by atoms with Gasteiger partial charge in [0.25, 0.3) is 0 Å². The van der Waals surface area contributed by atoms with E-state index in [0.29, 0.717) is 27.4 Å². The molecule has 0 aliphatic heterocycles. The highest BCUT2D eigenvalue weighted by Crippen LogP contribution is 2.37. The van der Waals surface area contributed by atoms with E-state index in [2.05, 4.69) is 29.1 Å². The first kappa shape index (κ1) is 20.7. The van der Waals surface area contributed by atoms with E-state index in [-0.39, 0.29) is 0 Å². The Bertz CT molecular complexity index is 1380. The number of rotatable bonds is 5. The summed E-state index contributed by atoms with van der Waals surface area (Å²) in [5.74, 6) is 1.01. The number of hydrogen-bond donors (Lipinski definition) is 1. The average molecular weight is 463 g/mol. The van der Waals surface area contributed by atoms with E-state index in [4.69, 9.17) is 33.2 Å². The lowest BCUT2D eigenvalue weighted by molar-refractivity contribution is 0.480. The van der Waals surface area contributed by atoms with Gasteiger partial charge in [-0.05, 0) is 30.2 Å². The van der Waals surface area contributed by atoms with Gasteiger partial charge in [0.1, 0.15) is 11.3 Å². The molecule has 6 nitrogen and oxygen atoms in total. The maximum Gasteiger partial charge on any atom is 0.179 e. The molecular formula is C24H20Cl2N6. The highest BCUT2D eigenvalue weighted by Gasteiger charge is 2.20. The van der Waals surface area contributed by atoms with E-state index < -0.39 is 0 Å². The number of nitrogens with zero attached hydrogens (tertiary/aromatic N) is 5. The molecular weight excluding hydrogens is 443 g/mol. The van der Waals surface area contributed by atoms with Crippen molar-refractivity contribution in [3.63, 3.8) is 0 Å². The van der Waals surface area contributed by atoms with E-state index in [1.165, 1.54) is 0 Å². The Labute approximate surface area is 195 Å². The minimum atomic E-state index is 0.423. The van der Waals surface area contributed by atoms with Crippen molar-refractivity contribution in [3.8, 4) is 34.0 Å². The van der Waals surface area contributed by atoms with Gasteiger partial charge in [-0.15, -0.1) is 5.10 Å². The molecule has 0 bridgehead atoms. The van der Waals surface area contributed by atoms with Crippen LogP contribution in [0.25, 0.3) is 45.2 Å². The normalized spacial score (nSPS) is 11.5. The van der Waals surface area contributed by atoms with Crippen LogP contribution in [-0.2, 0) is 6.54 Å². The highest BCUT2D eigenvalue weighted by atomic mass is 35.5. The predicted molar refractivity (Wildman–Crippen MR) is 129 cm³/mol. The Hall–Kier alpha value is -3.22. The summed E-state index contributed by atoms with van der Waals surface area (Å²) < 4.78 is 1.84. The Morgan fingerprint density at radius 2 is 1.66 bits per heavy atom. The molecule has 3 aromatic heterocycles. The highest BCUT2D eigenvalue weighted by molar-refractivity contribution is 6.39. The van der Waals surface area contributed by atoms with Crippen molar-refractivity contribution >= 4 is 34.4 Å². The molecule has 0 aliphatic rings. The van der Waals surface area contributed by atoms with Crippen LogP contribution in [0, 0.1) is 5.92 Å². The molecule has 0 spiro atoms. The number of aromatic amines is 1. The molecule has 32 heavy (non-hydrogen) atoms. The number of benzene rings is 2. The summed E-state index contributed by atoms with van der Waals surface area (Å²) in [5, 5.41) is 9.58. The molecule has 8 heteroatoms. The lowest BCUT2D eigenvalue weighted by Crippen LogP contribution is -2.07. The van der Waals surface area contributed by atoms with E-state index >= 15 is 0 Å². The molecule has 0 saturated heterocycles. The maximum atomic E-state index is 6.47. The lowest BCUT2D eigenvalue weighted by atomic mass is 10.1. The number of aromatic nitrogens is 6. The van der Waals surface area contributed by atoms with Crippen LogP contribution in [0.5, 0.6) is 0 Å². The molecule has 0 unspecified atom stereocenters. The van der Waals surface area contributed by atoms with Gasteiger partial charge in [-0.2, -0.15) is 0 Å². The Morgan fingerprint density at radius 3 is 2.38 bits per heavy atom. The summed E-state index contributed by atoms with van der Waals surface area (Å²) in [6.07, 6.45) is 0. The first-order valence-electron chi connectivity index (χ1n) is 10.3. The fourth-order valence-electron chi connectivity index (χ4n) is 3.67. The quantitative estimate of drug-likeness (QED) is 0.322. The van der Waals surface area contributed by atoms with Gasteiger partial charge < -0.3 is 4.98 Å². The second kappa shape index (κ2) is 8.37. The summed E-state index contributed by atoms with van der Waals surface area (Å²) >= 11 is 12.9. The largest absolute Gasteiger partial charge is 0.336 e. The van der Waals surface area contributed by atoms with Crippen molar-refractivity contribution in [1.82, 2.24) is 29.9 Å². The predicted octanol–water partition coefficient (Wildman–Crippen LogP) is 6.51. The van der Waals surface area contributed by atoms with Crippen molar-refractivity contribution in [2.75, 3.05) is 0 Å². The molecule has 1 N–H and O–H groups in total. The smallest absolute Gasteiger partial charge is 0.179 e. The standard InChI is InChI=1S/C24H20Cl2N6/c1-14(2)13-32-24-19(30-31-32)12-11-18(27-24)22-21(15-7-4-3-5-8-15)28-23(29-22)20-16(25)9-6-10-17(20)26/h3-12,14H,13H2,1-2H3,(H,28,29). The number of fused-ring (bicyclic) bond motifs is 1. The zero-order valence-corrected chi connectivity index (χ0v) is 19.1. The number of nitrogens with one attached hydrogen (secondary N) is 1. The Balaban J connectivity index is 1.72. The molecule has 0 amide bonds. The average Bonchev–Trinajstić information content (AvgIpc) is 3.38. The van der Waals surface area contributed by atoms with Crippen LogP contribution in [0.4, 0.5) is 0 Å². The molecule has 0 aliphatic carbocycles. The van der Waals surface area contributed by atoms with E-state index in [9.17, 15) is 0 Å². The summed E-state index contributed by atoms with van der Waals surface area (Å²) in [6.45, 7) is 5.01. The van der Waals surface area contributed by atoms with Crippen LogP contribution in [0.1, 0.15) is 13.8 Å². The first-order chi connectivity index (χ1) is 15.5. The van der Waals surface area contributed by atoms with Gasteiger partial charge in [-0.3, -0.25) is 0 Å². The van der Waals surface area contributed by atoms with Crippen molar-refractivity contribution in [3.05, 3.63) is 70.7 Å². The maximum absolute atomic E-state index is 6.47. The second-order valence-electron chi connectivity index (χ2n) is 7.98. The molecule has 5 aromatic rings. The lowest BCUT2D eigenvalue weighted by Gasteiger charge is -2.06. The van der Waals surface area contributed by atoms with E-state index in [1.54, 1.807) is 12.1 Å². The number of halogens is 2. The molecule has 5 rings (SSSR count). The van der Waals surface area contributed by atoms with Crippen LogP contribution < -0.4 is 0 Å². The van der Waals surface area contributed by atoms with Gasteiger partial charge in [-0.25, -0.2) is 14.6 Å². The summed E-state index contributed by atoms with van der Waals surface area (Å²) in [4.78, 5) is 13.2. The van der Waals surface area contributed by atoms with Crippen LogP contribution in [0.3, 0.4) is 0 Å². The monoisotopic (exact) mass is 462 g/mol. The summed E-state index contributed by atoms with van der Waals surface area (Å²) in [6, 6.07) is 19.2. The second-order valence-corrected chi connectivity index (χ2v) is 8.79. The van der Waals surface area contributed by atoms with Crippen molar-refractivity contribution in [2.45, 2.75) is 20.4 Å². The number of imidazole rings is 1. The van der Waals surface area contributed by atoms with Crippen molar-refractivity contribution < 1.29 is 0 Å². The third-order valence-electron chi connectivity index (χ3n) is 5.10. The molecule has 0 fully saturated rings. The fraction of sp³-hybridized carbons (Fsp3) is 0.167. The molecule has 0 atom stereocenters. The van der Waals surface area contributed by atoms with Crippen LogP contribution in [0.15, 0.2) is 60.7 Å². The fourth-order valence-corrected chi connectivity index (χ4v) is 4.24. The minimum Gasteiger partial charge on any atom is -0.336 e. The number of hydrogen-bond acceptors (Lipinski definition) is 4. The summed E-state index contributed by atoms with van der Waals surface area (Å²) in [5.41, 5.74) is 5.40. The van der Waals surface area contributed by atoms with Crippen LogP contribution in [0.2, 0.25) is 10.0 Å². The Kier molecular flexibility index (Phi) is 5.41. The van der Waals surface area contributed by atoms with Crippen molar-refractivity contribution in [1.29, 1.82) is 0 Å². The third kappa shape index (κ3) is 3.76. The SMILES string of the molecule is CC(C)Cn1nnc2ccc(-c3[nH]c(-c4c(Cl)cccc4Cl)nc3-c3ccccc3)nc21.